The average Bonchev–Trinajstić information content (AvgIpc) is 2.67. The zero-order valence-corrected chi connectivity index (χ0v) is 13.3. The summed E-state index contributed by atoms with van der Waals surface area (Å²) in [6.45, 7) is 0. The summed E-state index contributed by atoms with van der Waals surface area (Å²) in [4.78, 5) is 0. The first-order valence-electron chi connectivity index (χ1n) is 7.87. The Morgan fingerprint density at radius 2 is 1.12 bits per heavy atom. The van der Waals surface area contributed by atoms with Crippen LogP contribution in [0.25, 0.3) is 6.08 Å². The van der Waals surface area contributed by atoms with E-state index in [1.165, 1.54) is 0 Å². The maximum absolute atomic E-state index is 4.43. The molecule has 0 aliphatic rings. The van der Waals surface area contributed by atoms with Gasteiger partial charge in [-0.3, -0.25) is 0 Å². The highest BCUT2D eigenvalue weighted by atomic mass is 15.2. The molecule has 0 saturated carbocycles. The quantitative estimate of drug-likeness (QED) is 0.456. The minimum atomic E-state index is 0.862. The van der Waals surface area contributed by atoms with Crippen LogP contribution in [-0.4, -0.2) is 11.9 Å². The summed E-state index contributed by atoms with van der Waals surface area (Å²) < 4.78 is 0. The van der Waals surface area contributed by atoms with Crippen molar-refractivity contribution in [2.45, 2.75) is 0 Å². The van der Waals surface area contributed by atoms with Gasteiger partial charge in [0, 0.05) is 17.3 Å². The fourth-order valence-electron chi connectivity index (χ4n) is 2.32. The molecule has 116 valence electrons. The van der Waals surface area contributed by atoms with Crippen molar-refractivity contribution in [3.05, 3.63) is 114 Å². The minimum absolute atomic E-state index is 0.862. The first-order valence-corrected chi connectivity index (χ1v) is 7.87. The molecule has 0 aromatic heterocycles. The van der Waals surface area contributed by atoms with Gasteiger partial charge in [-0.1, -0.05) is 97.1 Å². The van der Waals surface area contributed by atoms with Crippen LogP contribution >= 0.6 is 0 Å². The van der Waals surface area contributed by atoms with Crippen LogP contribution in [0.3, 0.4) is 0 Å². The molecule has 0 unspecified atom stereocenters. The maximum Gasteiger partial charge on any atom is 0.100 e. The molecule has 0 N–H and O–H groups in total. The van der Waals surface area contributed by atoms with Crippen molar-refractivity contribution in [2.75, 3.05) is 0 Å². The van der Waals surface area contributed by atoms with Crippen molar-refractivity contribution in [3.8, 4) is 0 Å². The van der Waals surface area contributed by atoms with Gasteiger partial charge in [-0.05, 0) is 11.6 Å². The Morgan fingerprint density at radius 3 is 1.67 bits per heavy atom. The summed E-state index contributed by atoms with van der Waals surface area (Å²) >= 11 is 0. The molecule has 24 heavy (non-hydrogen) atoms. The van der Waals surface area contributed by atoms with Crippen molar-refractivity contribution < 1.29 is 0 Å². The predicted molar refractivity (Wildman–Crippen MR) is 102 cm³/mol. The predicted octanol–water partition coefficient (Wildman–Crippen LogP) is 5.22. The van der Waals surface area contributed by atoms with E-state index in [2.05, 4.69) is 10.2 Å². The van der Waals surface area contributed by atoms with Crippen LogP contribution in [0.1, 0.15) is 16.7 Å². The van der Waals surface area contributed by atoms with E-state index in [0.29, 0.717) is 0 Å². The Morgan fingerprint density at radius 1 is 0.625 bits per heavy atom. The van der Waals surface area contributed by atoms with Crippen molar-refractivity contribution in [1.82, 2.24) is 0 Å². The van der Waals surface area contributed by atoms with Crippen LogP contribution in [0.15, 0.2) is 107 Å². The lowest BCUT2D eigenvalue weighted by molar-refractivity contribution is 1.25. The molecule has 0 radical (unpaired) electrons. The Labute approximate surface area is 142 Å². The van der Waals surface area contributed by atoms with E-state index in [1.54, 1.807) is 6.21 Å². The first-order chi connectivity index (χ1) is 11.9. The highest BCUT2D eigenvalue weighted by molar-refractivity contribution is 6.12. The van der Waals surface area contributed by atoms with Gasteiger partial charge < -0.3 is 0 Å². The van der Waals surface area contributed by atoms with Crippen molar-refractivity contribution >= 4 is 18.0 Å². The third-order valence-corrected chi connectivity index (χ3v) is 3.49. The standard InChI is InChI=1S/C22H18N2/c1-4-11-19(12-5-1)13-10-18-23-24-22(20-14-6-2-7-15-20)21-16-8-3-9-17-21/h1-18H/b13-10+,23-18-. The lowest BCUT2D eigenvalue weighted by Gasteiger charge is -2.04. The Kier molecular flexibility index (Phi) is 5.47. The highest BCUT2D eigenvalue weighted by Gasteiger charge is 2.05. The van der Waals surface area contributed by atoms with Crippen molar-refractivity contribution in [3.63, 3.8) is 0 Å². The Bertz CT molecular complexity index is 791. The Hall–Kier alpha value is -3.26. The molecule has 3 rings (SSSR count). The lowest BCUT2D eigenvalue weighted by atomic mass is 10.0. The van der Waals surface area contributed by atoms with Gasteiger partial charge in [0.1, 0.15) is 5.71 Å². The fraction of sp³-hybridized carbons (Fsp3) is 0. The summed E-state index contributed by atoms with van der Waals surface area (Å²) in [5.41, 5.74) is 4.10. The maximum atomic E-state index is 4.43. The van der Waals surface area contributed by atoms with Crippen LogP contribution in [0.5, 0.6) is 0 Å². The summed E-state index contributed by atoms with van der Waals surface area (Å²) in [5, 5.41) is 8.65. The van der Waals surface area contributed by atoms with E-state index >= 15 is 0 Å². The van der Waals surface area contributed by atoms with E-state index in [4.69, 9.17) is 0 Å². The average molecular weight is 310 g/mol. The number of benzene rings is 3. The second kappa shape index (κ2) is 8.39. The second-order valence-corrected chi connectivity index (χ2v) is 5.21. The van der Waals surface area contributed by atoms with Gasteiger partial charge in [0.05, 0.1) is 0 Å². The Balaban J connectivity index is 1.82. The minimum Gasteiger partial charge on any atom is -0.159 e. The number of nitrogens with zero attached hydrogens (tertiary/aromatic N) is 2. The van der Waals surface area contributed by atoms with Gasteiger partial charge >= 0.3 is 0 Å². The molecule has 3 aromatic carbocycles. The van der Waals surface area contributed by atoms with E-state index in [-0.39, 0.29) is 0 Å². The van der Waals surface area contributed by atoms with E-state index in [9.17, 15) is 0 Å². The lowest BCUT2D eigenvalue weighted by Crippen LogP contribution is -2.02. The molecule has 0 amide bonds. The normalized spacial score (nSPS) is 11.0. The van der Waals surface area contributed by atoms with Gasteiger partial charge in [0.2, 0.25) is 0 Å². The summed E-state index contributed by atoms with van der Waals surface area (Å²) in [5.74, 6) is 0. The molecular formula is C22H18N2. The zero-order valence-electron chi connectivity index (χ0n) is 13.3. The summed E-state index contributed by atoms with van der Waals surface area (Å²) in [7, 11) is 0. The van der Waals surface area contributed by atoms with Gasteiger partial charge in [-0.25, -0.2) is 0 Å². The smallest absolute Gasteiger partial charge is 0.100 e. The monoisotopic (exact) mass is 310 g/mol. The molecule has 2 nitrogen and oxygen atoms in total. The molecule has 0 heterocycles. The number of allylic oxidation sites excluding steroid dienone is 1. The van der Waals surface area contributed by atoms with E-state index in [1.807, 2.05) is 103 Å². The topological polar surface area (TPSA) is 24.7 Å². The molecule has 0 spiro atoms. The molecule has 0 saturated heterocycles. The third kappa shape index (κ3) is 4.37. The SMILES string of the molecule is C(/C=C/c1ccccc1)=N/N=C(c1ccccc1)c1ccccc1. The fourth-order valence-corrected chi connectivity index (χ4v) is 2.32. The third-order valence-electron chi connectivity index (χ3n) is 3.49. The zero-order chi connectivity index (χ0) is 16.5. The van der Waals surface area contributed by atoms with Gasteiger partial charge in [0.25, 0.3) is 0 Å². The molecular weight excluding hydrogens is 292 g/mol. The highest BCUT2D eigenvalue weighted by Crippen LogP contribution is 2.11. The summed E-state index contributed by atoms with van der Waals surface area (Å²) in [6, 6.07) is 30.3. The van der Waals surface area contributed by atoms with Crippen LogP contribution in [0.4, 0.5) is 0 Å². The molecule has 0 atom stereocenters. The molecule has 0 aliphatic carbocycles. The van der Waals surface area contributed by atoms with Crippen LogP contribution in [-0.2, 0) is 0 Å². The van der Waals surface area contributed by atoms with E-state index < -0.39 is 0 Å². The van der Waals surface area contributed by atoms with Gasteiger partial charge in [0.15, 0.2) is 0 Å². The van der Waals surface area contributed by atoms with Crippen LogP contribution < -0.4 is 0 Å². The van der Waals surface area contributed by atoms with Gasteiger partial charge in [-0.2, -0.15) is 5.10 Å². The largest absolute Gasteiger partial charge is 0.159 e. The van der Waals surface area contributed by atoms with Crippen LogP contribution in [0, 0.1) is 0 Å². The molecule has 0 bridgehead atoms. The molecule has 3 aromatic rings. The van der Waals surface area contributed by atoms with Crippen molar-refractivity contribution in [2.24, 2.45) is 10.2 Å². The second-order valence-electron chi connectivity index (χ2n) is 5.21. The summed E-state index contributed by atoms with van der Waals surface area (Å²) in [6.07, 6.45) is 5.61. The number of rotatable bonds is 5. The van der Waals surface area contributed by atoms with Gasteiger partial charge in [-0.15, -0.1) is 5.10 Å². The first kappa shape index (κ1) is 15.6. The number of hydrogen-bond acceptors (Lipinski definition) is 2. The number of hydrogen-bond donors (Lipinski definition) is 0. The van der Waals surface area contributed by atoms with E-state index in [0.717, 1.165) is 22.4 Å². The van der Waals surface area contributed by atoms with Crippen molar-refractivity contribution in [1.29, 1.82) is 0 Å². The molecule has 2 heteroatoms. The molecule has 0 aliphatic heterocycles. The van der Waals surface area contributed by atoms with Crippen LogP contribution in [0.2, 0.25) is 0 Å². The molecule has 0 fully saturated rings.